The molecule has 10 nitrogen and oxygen atoms in total. The smallest absolute Gasteiger partial charge is 0.338 e. The number of hydrogen-bond acceptors (Lipinski definition) is 5. The molecule has 252 valence electrons. The number of aromatic amines is 2. The molecule has 3 aromatic heterocycles. The van der Waals surface area contributed by atoms with Crippen LogP contribution >= 0.6 is 0 Å². The van der Waals surface area contributed by atoms with E-state index in [1.807, 2.05) is 52.0 Å². The quantitative estimate of drug-likeness (QED) is 0.132. The molecule has 0 aliphatic carbocycles. The van der Waals surface area contributed by atoms with Crippen LogP contribution in [0.4, 0.5) is 0 Å². The minimum absolute atomic E-state index is 0.0554. The number of aryl methyl sites for hydroxylation is 2. The fourth-order valence-electron chi connectivity index (χ4n) is 7.00. The number of unbranched alkanes of at least 4 members (excludes halogenated alkanes) is 1. The van der Waals surface area contributed by atoms with Gasteiger partial charge in [0.2, 0.25) is 5.91 Å². The maximum absolute atomic E-state index is 13.5. The van der Waals surface area contributed by atoms with Crippen LogP contribution in [0.2, 0.25) is 0 Å². The first kappa shape index (κ1) is 34.3. The number of nitrogens with one attached hydrogen (secondary N) is 3. The molecule has 2 aliphatic rings. The highest BCUT2D eigenvalue weighted by atomic mass is 16.4. The molecule has 0 aromatic carbocycles. The summed E-state index contributed by atoms with van der Waals surface area (Å²) in [6, 6.07) is 5.87. The van der Waals surface area contributed by atoms with Crippen molar-refractivity contribution in [2.45, 2.75) is 91.9 Å². The van der Waals surface area contributed by atoms with Gasteiger partial charge in [0, 0.05) is 58.2 Å². The average Bonchev–Trinajstić information content (AvgIpc) is 3.71. The van der Waals surface area contributed by atoms with Gasteiger partial charge in [0.1, 0.15) is 0 Å². The monoisotopic (exact) mass is 651 g/mol. The van der Waals surface area contributed by atoms with Crippen molar-refractivity contribution in [1.82, 2.24) is 25.3 Å². The summed E-state index contributed by atoms with van der Waals surface area (Å²) in [5.41, 5.74) is 10.4. The number of fused-ring (bicyclic) bond motifs is 8. The zero-order chi connectivity index (χ0) is 34.9. The molecular formula is C38H45N5O5. The lowest BCUT2D eigenvalue weighted by Gasteiger charge is -2.17. The number of H-pyrrole nitrogens is 2. The fourth-order valence-corrected chi connectivity index (χ4v) is 7.00. The minimum Gasteiger partial charge on any atom is -0.481 e. The van der Waals surface area contributed by atoms with E-state index in [0.717, 1.165) is 64.0 Å². The van der Waals surface area contributed by atoms with Crippen LogP contribution in [-0.4, -0.2) is 54.5 Å². The van der Waals surface area contributed by atoms with E-state index < -0.39 is 11.9 Å². The predicted molar refractivity (Wildman–Crippen MR) is 190 cm³/mol. The van der Waals surface area contributed by atoms with Crippen LogP contribution in [0.15, 0.2) is 24.8 Å². The summed E-state index contributed by atoms with van der Waals surface area (Å²) in [5.74, 6) is -2.90. The fraction of sp³-hybridized carbons (Fsp3) is 0.395. The number of carboxylic acids is 2. The van der Waals surface area contributed by atoms with E-state index in [1.165, 1.54) is 0 Å². The van der Waals surface area contributed by atoms with E-state index in [1.54, 1.807) is 6.92 Å². The van der Waals surface area contributed by atoms with Gasteiger partial charge in [-0.25, -0.2) is 9.78 Å². The van der Waals surface area contributed by atoms with Crippen LogP contribution in [0.5, 0.6) is 0 Å². The number of aliphatic carboxylic acids is 1. The number of hydrogen-bond donors (Lipinski definition) is 5. The molecule has 5 rings (SSSR count). The predicted octanol–water partition coefficient (Wildman–Crippen LogP) is 7.82. The highest BCUT2D eigenvalue weighted by Crippen LogP contribution is 2.43. The van der Waals surface area contributed by atoms with Crippen LogP contribution in [-0.2, 0) is 16.0 Å². The lowest BCUT2D eigenvalue weighted by molar-refractivity contribution is -0.137. The molecular weight excluding hydrogens is 606 g/mol. The van der Waals surface area contributed by atoms with E-state index in [2.05, 4.69) is 28.8 Å². The Morgan fingerprint density at radius 2 is 1.69 bits per heavy atom. The average molecular weight is 652 g/mol. The third-order valence-electron chi connectivity index (χ3n) is 9.81. The van der Waals surface area contributed by atoms with Gasteiger partial charge in [-0.15, -0.1) is 0 Å². The molecule has 48 heavy (non-hydrogen) atoms. The molecule has 5 N–H and O–H groups in total. The van der Waals surface area contributed by atoms with Gasteiger partial charge < -0.3 is 25.5 Å². The molecule has 0 saturated carbocycles. The second-order valence-corrected chi connectivity index (χ2v) is 12.8. The maximum Gasteiger partial charge on any atom is 0.338 e. The summed E-state index contributed by atoms with van der Waals surface area (Å²) >= 11 is 0. The lowest BCUT2D eigenvalue weighted by atomic mass is 9.85. The molecule has 0 saturated heterocycles. The summed E-state index contributed by atoms with van der Waals surface area (Å²) in [6.45, 7) is 16.5. The highest BCUT2D eigenvalue weighted by Gasteiger charge is 2.33. The summed E-state index contributed by atoms with van der Waals surface area (Å²) in [6.07, 6.45) is 4.32. The van der Waals surface area contributed by atoms with Gasteiger partial charge in [-0.1, -0.05) is 39.8 Å². The molecule has 8 bridgehead atoms. The second-order valence-electron chi connectivity index (χ2n) is 12.8. The summed E-state index contributed by atoms with van der Waals surface area (Å²) in [5, 5.41) is 23.2. The molecule has 0 fully saturated rings. The molecule has 2 aliphatic heterocycles. The topological polar surface area (TPSA) is 161 Å². The Labute approximate surface area is 280 Å². The van der Waals surface area contributed by atoms with Crippen LogP contribution in [0, 0.1) is 13.8 Å². The zero-order valence-corrected chi connectivity index (χ0v) is 28.6. The number of carbonyl (C=O) groups is 3. The van der Waals surface area contributed by atoms with E-state index >= 15 is 0 Å². The first-order valence-electron chi connectivity index (χ1n) is 16.7. The van der Waals surface area contributed by atoms with Crippen molar-refractivity contribution in [2.24, 2.45) is 0 Å². The molecule has 3 aromatic rings. The first-order valence-corrected chi connectivity index (χ1v) is 16.7. The van der Waals surface area contributed by atoms with Crippen molar-refractivity contribution in [1.29, 1.82) is 0 Å². The highest BCUT2D eigenvalue weighted by molar-refractivity contribution is 6.03. The number of rotatable bonds is 11. The number of nitrogens with zero attached hydrogens (tertiary/aromatic N) is 2. The number of allylic oxidation sites excluding steroid dienone is 2. The van der Waals surface area contributed by atoms with Crippen molar-refractivity contribution >= 4 is 57.1 Å². The molecule has 1 amide bonds. The third-order valence-corrected chi connectivity index (χ3v) is 9.81. The Morgan fingerprint density at radius 1 is 0.979 bits per heavy atom. The Balaban J connectivity index is 1.98. The number of aromatic nitrogens is 4. The van der Waals surface area contributed by atoms with Crippen LogP contribution in [0.25, 0.3) is 39.3 Å². The molecule has 2 atom stereocenters. The van der Waals surface area contributed by atoms with E-state index in [-0.39, 0.29) is 42.6 Å². The molecule has 10 heteroatoms. The van der Waals surface area contributed by atoms with Gasteiger partial charge in [0.25, 0.3) is 0 Å². The first-order chi connectivity index (χ1) is 22.9. The Morgan fingerprint density at radius 3 is 2.33 bits per heavy atom. The van der Waals surface area contributed by atoms with Crippen LogP contribution in [0.3, 0.4) is 0 Å². The minimum atomic E-state index is -1.13. The number of carbonyl (C=O) groups excluding carboxylic acids is 1. The lowest BCUT2D eigenvalue weighted by Crippen LogP contribution is -2.26. The van der Waals surface area contributed by atoms with Crippen molar-refractivity contribution in [3.63, 3.8) is 0 Å². The van der Waals surface area contributed by atoms with Gasteiger partial charge in [0.05, 0.1) is 34.6 Å². The number of aromatic carboxylic acids is 1. The molecule has 2 unspecified atom stereocenters. The van der Waals surface area contributed by atoms with Gasteiger partial charge in [-0.05, 0) is 80.5 Å². The van der Waals surface area contributed by atoms with Gasteiger partial charge >= 0.3 is 11.9 Å². The van der Waals surface area contributed by atoms with E-state index in [0.29, 0.717) is 40.1 Å². The Hall–Kier alpha value is -4.99. The second kappa shape index (κ2) is 14.0. The normalized spacial score (nSPS) is 15.9. The third kappa shape index (κ3) is 6.43. The van der Waals surface area contributed by atoms with Gasteiger partial charge in [-0.2, -0.15) is 0 Å². The van der Waals surface area contributed by atoms with Gasteiger partial charge in [0.15, 0.2) is 0 Å². The van der Waals surface area contributed by atoms with Crippen molar-refractivity contribution in [2.75, 3.05) is 6.54 Å². The van der Waals surface area contributed by atoms with Crippen LogP contribution in [0.1, 0.15) is 127 Å². The zero-order valence-electron chi connectivity index (χ0n) is 28.6. The van der Waals surface area contributed by atoms with Crippen molar-refractivity contribution in [3.8, 4) is 0 Å². The largest absolute Gasteiger partial charge is 0.481 e. The van der Waals surface area contributed by atoms with Crippen molar-refractivity contribution in [3.05, 3.63) is 75.4 Å². The summed E-state index contributed by atoms with van der Waals surface area (Å²) in [4.78, 5) is 55.3. The maximum atomic E-state index is 13.5. The molecule has 0 radical (unpaired) electrons. The molecule has 5 heterocycles. The standard InChI is InChI=1S/C38H45N5O5/c1-8-11-14-39-33(44)15-26-36-25(12-13-34(45)46)21(6)29(42-36)16-27-19(4)23(9-2)31(40-27)17-28-20(5)24(10-3)32(41-28)18-30-22(7)35(38(47)48)37(26)43-30/h9,16-18,21,25,40,43H,2,8,10-15H2,1,3-7H3,(H,39,44)(H,45,46)(H,47,48). The Bertz CT molecular complexity index is 2010. The summed E-state index contributed by atoms with van der Waals surface area (Å²) < 4.78 is 0. The number of carboxylic acid groups (broad SMARTS) is 2. The van der Waals surface area contributed by atoms with Crippen molar-refractivity contribution < 1.29 is 24.6 Å². The SMILES string of the molecule is C=Cc1c(C)c2cc3nc(c(CC(=O)NCCCC)c4[nH]c(cc5nc(cc1[nH]2)C(C)=C5CC)c(C)c4C(=O)O)C(CCC(=O)O)C3C. The summed E-state index contributed by atoms with van der Waals surface area (Å²) in [7, 11) is 0. The van der Waals surface area contributed by atoms with Crippen LogP contribution < -0.4 is 5.32 Å². The number of amides is 1. The van der Waals surface area contributed by atoms with E-state index in [9.17, 15) is 24.6 Å². The molecule has 0 spiro atoms. The van der Waals surface area contributed by atoms with E-state index in [4.69, 9.17) is 9.97 Å². The van der Waals surface area contributed by atoms with Gasteiger partial charge in [-0.3, -0.25) is 14.6 Å². The Kier molecular flexibility index (Phi) is 10.0.